The molecule has 1 unspecified atom stereocenters. The molecule has 0 fully saturated rings. The Hall–Kier alpha value is -1.00. The molecule has 0 aromatic carbocycles. The van der Waals surface area contributed by atoms with E-state index in [9.17, 15) is 9.90 Å². The molecule has 1 amide bonds. The maximum absolute atomic E-state index is 11.9. The first-order valence-corrected chi connectivity index (χ1v) is 6.13. The molecule has 0 aliphatic carbocycles. The minimum Gasteiger partial charge on any atom is -0.388 e. The molecular weight excluding hydrogens is 240 g/mol. The van der Waals surface area contributed by atoms with E-state index in [1.54, 1.807) is 23.8 Å². The lowest BCUT2D eigenvalue weighted by Gasteiger charge is -2.21. The van der Waals surface area contributed by atoms with Crippen molar-refractivity contribution in [2.45, 2.75) is 39.3 Å². The monoisotopic (exact) mass is 258 g/mol. The van der Waals surface area contributed by atoms with Gasteiger partial charge >= 0.3 is 0 Å². The van der Waals surface area contributed by atoms with Gasteiger partial charge in [-0.1, -0.05) is 18.5 Å². The summed E-state index contributed by atoms with van der Waals surface area (Å²) in [4.78, 5) is 11.9. The number of hydrogen-bond acceptors (Lipinski definition) is 2. The van der Waals surface area contributed by atoms with E-state index in [-0.39, 0.29) is 12.5 Å². The molecule has 17 heavy (non-hydrogen) atoms. The second kappa shape index (κ2) is 5.56. The van der Waals surface area contributed by atoms with Gasteiger partial charge in [0.2, 0.25) is 0 Å². The highest BCUT2D eigenvalue weighted by Gasteiger charge is 2.20. The molecule has 0 bridgehead atoms. The summed E-state index contributed by atoms with van der Waals surface area (Å²) < 4.78 is 1.78. The molecule has 0 saturated heterocycles. The number of aromatic nitrogens is 1. The average molecular weight is 259 g/mol. The summed E-state index contributed by atoms with van der Waals surface area (Å²) in [5.41, 5.74) is -0.354. The van der Waals surface area contributed by atoms with Crippen molar-refractivity contribution in [1.82, 2.24) is 9.88 Å². The number of nitrogens with one attached hydrogen (secondary N) is 1. The Morgan fingerprint density at radius 2 is 2.24 bits per heavy atom. The zero-order valence-corrected chi connectivity index (χ0v) is 11.2. The Balaban J connectivity index is 2.70. The van der Waals surface area contributed by atoms with Crippen LogP contribution in [0.1, 0.15) is 37.7 Å². The summed E-state index contributed by atoms with van der Waals surface area (Å²) in [6.07, 6.45) is 2.30. The van der Waals surface area contributed by atoms with Gasteiger partial charge < -0.3 is 15.0 Å². The number of aryl methyl sites for hydroxylation is 1. The number of amides is 1. The Labute approximate surface area is 107 Å². The van der Waals surface area contributed by atoms with Crippen LogP contribution in [-0.2, 0) is 6.54 Å². The summed E-state index contributed by atoms with van der Waals surface area (Å²) in [6, 6.07) is 1.63. The van der Waals surface area contributed by atoms with E-state index >= 15 is 0 Å². The van der Waals surface area contributed by atoms with Crippen molar-refractivity contribution in [2.75, 3.05) is 6.54 Å². The Morgan fingerprint density at radius 3 is 2.76 bits per heavy atom. The van der Waals surface area contributed by atoms with Crippen LogP contribution in [0.25, 0.3) is 0 Å². The summed E-state index contributed by atoms with van der Waals surface area (Å²) in [5, 5.41) is 13.1. The van der Waals surface area contributed by atoms with Crippen molar-refractivity contribution in [2.24, 2.45) is 0 Å². The molecule has 96 valence electrons. The van der Waals surface area contributed by atoms with Gasteiger partial charge in [-0.2, -0.15) is 0 Å². The van der Waals surface area contributed by atoms with Crippen molar-refractivity contribution >= 4 is 17.5 Å². The zero-order valence-electron chi connectivity index (χ0n) is 10.5. The standard InChI is InChI=1S/C12H19ClN2O2/c1-4-12(3,17)8-14-11(16)10-6-9(13)7-15(10)5-2/h6-7,17H,4-5,8H2,1-3H3,(H,14,16). The average Bonchev–Trinajstić information content (AvgIpc) is 2.67. The van der Waals surface area contributed by atoms with Crippen LogP contribution in [0.4, 0.5) is 0 Å². The SMILES string of the molecule is CCn1cc(Cl)cc1C(=O)NCC(C)(O)CC. The van der Waals surface area contributed by atoms with E-state index in [4.69, 9.17) is 11.6 Å². The Bertz CT molecular complexity index is 399. The van der Waals surface area contributed by atoms with Gasteiger partial charge in [0, 0.05) is 19.3 Å². The van der Waals surface area contributed by atoms with Gasteiger partial charge in [0.25, 0.3) is 5.91 Å². The van der Waals surface area contributed by atoms with Gasteiger partial charge in [-0.25, -0.2) is 0 Å². The Kier molecular flexibility index (Phi) is 4.60. The predicted molar refractivity (Wildman–Crippen MR) is 68.4 cm³/mol. The number of aliphatic hydroxyl groups is 1. The third-order valence-corrected chi connectivity index (χ3v) is 3.03. The number of halogens is 1. The number of carbonyl (C=O) groups excluding carboxylic acids is 1. The fourth-order valence-electron chi connectivity index (χ4n) is 1.41. The van der Waals surface area contributed by atoms with Crippen molar-refractivity contribution < 1.29 is 9.90 Å². The first-order chi connectivity index (χ1) is 7.89. The van der Waals surface area contributed by atoms with Crippen molar-refractivity contribution in [3.8, 4) is 0 Å². The summed E-state index contributed by atoms with van der Waals surface area (Å²) in [6.45, 7) is 6.42. The fourth-order valence-corrected chi connectivity index (χ4v) is 1.63. The lowest BCUT2D eigenvalue weighted by molar-refractivity contribution is 0.0516. The highest BCUT2D eigenvalue weighted by molar-refractivity contribution is 6.31. The van der Waals surface area contributed by atoms with Crippen LogP contribution >= 0.6 is 11.6 Å². The van der Waals surface area contributed by atoms with Gasteiger partial charge in [-0.3, -0.25) is 4.79 Å². The largest absolute Gasteiger partial charge is 0.388 e. The molecule has 0 saturated carbocycles. The van der Waals surface area contributed by atoms with Gasteiger partial charge in [0.15, 0.2) is 0 Å². The minimum atomic E-state index is -0.872. The van der Waals surface area contributed by atoms with E-state index in [0.717, 1.165) is 0 Å². The summed E-state index contributed by atoms with van der Waals surface area (Å²) >= 11 is 5.86. The van der Waals surface area contributed by atoms with Crippen LogP contribution in [0.3, 0.4) is 0 Å². The maximum Gasteiger partial charge on any atom is 0.268 e. The van der Waals surface area contributed by atoms with E-state index in [1.165, 1.54) is 0 Å². The fraction of sp³-hybridized carbons (Fsp3) is 0.583. The molecular formula is C12H19ClN2O2. The molecule has 0 aliphatic heterocycles. The van der Waals surface area contributed by atoms with Crippen molar-refractivity contribution in [1.29, 1.82) is 0 Å². The lowest BCUT2D eigenvalue weighted by Crippen LogP contribution is -2.40. The van der Waals surface area contributed by atoms with Crippen LogP contribution in [0.15, 0.2) is 12.3 Å². The molecule has 4 nitrogen and oxygen atoms in total. The molecule has 0 aliphatic rings. The van der Waals surface area contributed by atoms with Crippen LogP contribution in [0.5, 0.6) is 0 Å². The smallest absolute Gasteiger partial charge is 0.268 e. The maximum atomic E-state index is 11.9. The molecule has 1 rings (SSSR count). The molecule has 1 aromatic heterocycles. The van der Waals surface area contributed by atoms with Crippen LogP contribution < -0.4 is 5.32 Å². The number of nitrogens with zero attached hydrogens (tertiary/aromatic N) is 1. The highest BCUT2D eigenvalue weighted by atomic mass is 35.5. The molecule has 0 radical (unpaired) electrons. The zero-order chi connectivity index (χ0) is 13.1. The minimum absolute atomic E-state index is 0.215. The first-order valence-electron chi connectivity index (χ1n) is 5.76. The summed E-state index contributed by atoms with van der Waals surface area (Å²) in [7, 11) is 0. The first kappa shape index (κ1) is 14.1. The van der Waals surface area contributed by atoms with Gasteiger partial charge in [0.1, 0.15) is 5.69 Å². The van der Waals surface area contributed by atoms with Gasteiger partial charge in [-0.05, 0) is 26.3 Å². The van der Waals surface area contributed by atoms with Crippen molar-refractivity contribution in [3.05, 3.63) is 23.0 Å². The van der Waals surface area contributed by atoms with E-state index in [2.05, 4.69) is 5.32 Å². The molecule has 1 atom stereocenters. The van der Waals surface area contributed by atoms with E-state index in [1.807, 2.05) is 13.8 Å². The normalized spacial score (nSPS) is 14.4. The van der Waals surface area contributed by atoms with Gasteiger partial charge in [0.05, 0.1) is 10.6 Å². The topological polar surface area (TPSA) is 54.3 Å². The number of carbonyl (C=O) groups is 1. The third kappa shape index (κ3) is 3.75. The van der Waals surface area contributed by atoms with Crippen LogP contribution in [0.2, 0.25) is 5.02 Å². The molecule has 2 N–H and O–H groups in total. The molecule has 5 heteroatoms. The quantitative estimate of drug-likeness (QED) is 0.849. The number of hydrogen-bond donors (Lipinski definition) is 2. The summed E-state index contributed by atoms with van der Waals surface area (Å²) in [5.74, 6) is -0.215. The molecule has 1 heterocycles. The van der Waals surface area contributed by atoms with Crippen LogP contribution in [0, 0.1) is 0 Å². The molecule has 1 aromatic rings. The van der Waals surface area contributed by atoms with Crippen molar-refractivity contribution in [3.63, 3.8) is 0 Å². The molecule has 0 spiro atoms. The highest BCUT2D eigenvalue weighted by Crippen LogP contribution is 2.14. The van der Waals surface area contributed by atoms with E-state index in [0.29, 0.717) is 23.7 Å². The second-order valence-electron chi connectivity index (χ2n) is 4.36. The number of rotatable bonds is 5. The van der Waals surface area contributed by atoms with E-state index < -0.39 is 5.60 Å². The van der Waals surface area contributed by atoms with Gasteiger partial charge in [-0.15, -0.1) is 0 Å². The lowest BCUT2D eigenvalue weighted by atomic mass is 10.0. The van der Waals surface area contributed by atoms with Crippen LogP contribution in [-0.4, -0.2) is 27.7 Å². The Morgan fingerprint density at radius 1 is 1.59 bits per heavy atom. The third-order valence-electron chi connectivity index (χ3n) is 2.83. The second-order valence-corrected chi connectivity index (χ2v) is 4.80. The predicted octanol–water partition coefficient (Wildman–Crippen LogP) is 2.05.